The van der Waals surface area contributed by atoms with Gasteiger partial charge in [-0.1, -0.05) is 23.9 Å². The molecule has 94 valence electrons. The smallest absolute Gasteiger partial charge is 0.168 e. The van der Waals surface area contributed by atoms with E-state index >= 15 is 0 Å². The van der Waals surface area contributed by atoms with Crippen LogP contribution >= 0.6 is 11.8 Å². The molecule has 2 aromatic rings. The molecule has 0 saturated carbocycles. The van der Waals surface area contributed by atoms with Crippen LogP contribution in [0.15, 0.2) is 40.3 Å². The molecule has 0 aliphatic carbocycles. The van der Waals surface area contributed by atoms with Crippen LogP contribution in [0.4, 0.5) is 19.0 Å². The predicted octanol–water partition coefficient (Wildman–Crippen LogP) is 3.69. The van der Waals surface area contributed by atoms with E-state index in [4.69, 9.17) is 0 Å². The van der Waals surface area contributed by atoms with Gasteiger partial charge in [-0.15, -0.1) is 0 Å². The van der Waals surface area contributed by atoms with E-state index in [2.05, 4.69) is 10.3 Å². The number of benzene rings is 1. The summed E-state index contributed by atoms with van der Waals surface area (Å²) in [5.74, 6) is -2.15. The molecule has 0 bridgehead atoms. The molecule has 2 nitrogen and oxygen atoms in total. The Balaban J connectivity index is 2.38. The molecule has 1 N–H and O–H groups in total. The van der Waals surface area contributed by atoms with Gasteiger partial charge < -0.3 is 5.32 Å². The monoisotopic (exact) mass is 270 g/mol. The van der Waals surface area contributed by atoms with Gasteiger partial charge in [0.15, 0.2) is 17.5 Å². The Morgan fingerprint density at radius 2 is 1.78 bits per heavy atom. The molecule has 1 aromatic carbocycles. The fraction of sp³-hybridized carbons (Fsp3) is 0.0833. The Morgan fingerprint density at radius 3 is 2.44 bits per heavy atom. The number of anilines is 1. The van der Waals surface area contributed by atoms with Crippen molar-refractivity contribution in [2.45, 2.75) is 9.92 Å². The first-order valence-corrected chi connectivity index (χ1v) is 5.89. The van der Waals surface area contributed by atoms with Gasteiger partial charge in [-0.3, -0.25) is 0 Å². The second-order valence-electron chi connectivity index (χ2n) is 3.39. The zero-order chi connectivity index (χ0) is 13.1. The Morgan fingerprint density at radius 1 is 1.06 bits per heavy atom. The molecule has 6 heteroatoms. The Labute approximate surface area is 106 Å². The number of nitrogens with zero attached hydrogens (tertiary/aromatic N) is 1. The maximum atomic E-state index is 13.5. The summed E-state index contributed by atoms with van der Waals surface area (Å²) in [5, 5.41) is 2.43. The third kappa shape index (κ3) is 2.59. The molecule has 0 aliphatic rings. The SMILES string of the molecule is CNc1nc(Sc2ccccc2F)c(F)cc1F. The normalized spacial score (nSPS) is 10.4. The first kappa shape index (κ1) is 12.8. The van der Waals surface area contributed by atoms with Crippen molar-refractivity contribution in [1.29, 1.82) is 0 Å². The zero-order valence-corrected chi connectivity index (χ0v) is 10.2. The lowest BCUT2D eigenvalue weighted by molar-refractivity contribution is 0.551. The summed E-state index contributed by atoms with van der Waals surface area (Å²) >= 11 is 0.811. The highest BCUT2D eigenvalue weighted by Gasteiger charge is 2.13. The van der Waals surface area contributed by atoms with E-state index < -0.39 is 17.5 Å². The first-order chi connectivity index (χ1) is 8.61. The van der Waals surface area contributed by atoms with Crippen LogP contribution in [0.25, 0.3) is 0 Å². The molecule has 1 heterocycles. The van der Waals surface area contributed by atoms with Crippen LogP contribution in [0.5, 0.6) is 0 Å². The van der Waals surface area contributed by atoms with Gasteiger partial charge in [0.25, 0.3) is 0 Å². The van der Waals surface area contributed by atoms with Crippen LogP contribution < -0.4 is 5.32 Å². The van der Waals surface area contributed by atoms with E-state index in [9.17, 15) is 13.2 Å². The van der Waals surface area contributed by atoms with Gasteiger partial charge in [-0.25, -0.2) is 18.2 Å². The van der Waals surface area contributed by atoms with Gasteiger partial charge in [0.2, 0.25) is 0 Å². The molecule has 0 saturated heterocycles. The Bertz CT molecular complexity index is 575. The Hall–Kier alpha value is -1.69. The molecular formula is C12H9F3N2S. The summed E-state index contributed by atoms with van der Waals surface area (Å²) < 4.78 is 40.1. The molecule has 0 aliphatic heterocycles. The van der Waals surface area contributed by atoms with E-state index in [1.165, 1.54) is 25.2 Å². The molecule has 0 unspecified atom stereocenters. The van der Waals surface area contributed by atoms with Crippen LogP contribution in [-0.2, 0) is 0 Å². The highest BCUT2D eigenvalue weighted by atomic mass is 32.2. The van der Waals surface area contributed by atoms with Gasteiger partial charge in [-0.05, 0) is 12.1 Å². The summed E-state index contributed by atoms with van der Waals surface area (Å²) in [6.07, 6.45) is 0. The Kier molecular flexibility index (Phi) is 3.76. The van der Waals surface area contributed by atoms with Crippen LogP contribution in [0, 0.1) is 17.5 Å². The summed E-state index contributed by atoms with van der Waals surface area (Å²) in [7, 11) is 1.47. The standard InChI is InChI=1S/C12H9F3N2S/c1-16-11-8(14)6-9(15)12(17-11)18-10-5-3-2-4-7(10)13/h2-6H,1H3,(H,16,17). The fourth-order valence-corrected chi connectivity index (χ4v) is 2.14. The second kappa shape index (κ2) is 5.30. The van der Waals surface area contributed by atoms with Gasteiger partial charge in [0.1, 0.15) is 10.8 Å². The number of rotatable bonds is 3. The van der Waals surface area contributed by atoms with Crippen LogP contribution in [-0.4, -0.2) is 12.0 Å². The highest BCUT2D eigenvalue weighted by molar-refractivity contribution is 7.99. The van der Waals surface area contributed by atoms with Crippen molar-refractivity contribution in [3.63, 3.8) is 0 Å². The molecule has 2 rings (SSSR count). The van der Waals surface area contributed by atoms with Crippen LogP contribution in [0.2, 0.25) is 0 Å². The summed E-state index contributed by atoms with van der Waals surface area (Å²) in [6.45, 7) is 0. The number of hydrogen-bond acceptors (Lipinski definition) is 3. The van der Waals surface area contributed by atoms with E-state index in [-0.39, 0.29) is 15.7 Å². The quantitative estimate of drug-likeness (QED) is 0.920. The maximum absolute atomic E-state index is 13.5. The number of nitrogens with one attached hydrogen (secondary N) is 1. The van der Waals surface area contributed by atoms with Crippen molar-refractivity contribution in [2.75, 3.05) is 12.4 Å². The van der Waals surface area contributed by atoms with Crippen LogP contribution in [0.1, 0.15) is 0 Å². The molecule has 0 atom stereocenters. The molecule has 1 aromatic heterocycles. The van der Waals surface area contributed by atoms with Crippen molar-refractivity contribution >= 4 is 17.6 Å². The third-order valence-electron chi connectivity index (χ3n) is 2.18. The van der Waals surface area contributed by atoms with E-state index in [0.29, 0.717) is 0 Å². The average Bonchev–Trinajstić information content (AvgIpc) is 2.35. The minimum atomic E-state index is -0.820. The average molecular weight is 270 g/mol. The summed E-state index contributed by atoms with van der Waals surface area (Å²) in [4.78, 5) is 4.00. The van der Waals surface area contributed by atoms with E-state index in [1.54, 1.807) is 6.07 Å². The topological polar surface area (TPSA) is 24.9 Å². The van der Waals surface area contributed by atoms with Crippen molar-refractivity contribution < 1.29 is 13.2 Å². The van der Waals surface area contributed by atoms with E-state index in [1.807, 2.05) is 0 Å². The highest BCUT2D eigenvalue weighted by Crippen LogP contribution is 2.31. The van der Waals surface area contributed by atoms with Gasteiger partial charge >= 0.3 is 0 Å². The molecule has 0 radical (unpaired) electrons. The zero-order valence-electron chi connectivity index (χ0n) is 9.38. The summed E-state index contributed by atoms with van der Waals surface area (Å²) in [5.41, 5.74) is 0. The molecule has 0 amide bonds. The second-order valence-corrected chi connectivity index (χ2v) is 4.42. The number of hydrogen-bond donors (Lipinski definition) is 1. The molecular weight excluding hydrogens is 261 g/mol. The van der Waals surface area contributed by atoms with Gasteiger partial charge in [-0.2, -0.15) is 0 Å². The third-order valence-corrected chi connectivity index (χ3v) is 3.21. The van der Waals surface area contributed by atoms with Crippen LogP contribution in [0.3, 0.4) is 0 Å². The number of halogens is 3. The minimum absolute atomic E-state index is 0.0739. The van der Waals surface area contributed by atoms with Crippen molar-refractivity contribution in [1.82, 2.24) is 4.98 Å². The lowest BCUT2D eigenvalue weighted by Crippen LogP contribution is -2.00. The van der Waals surface area contributed by atoms with Crippen molar-refractivity contribution in [3.05, 3.63) is 47.8 Å². The molecule has 0 fully saturated rings. The van der Waals surface area contributed by atoms with Crippen molar-refractivity contribution in [2.24, 2.45) is 0 Å². The van der Waals surface area contributed by atoms with Gasteiger partial charge in [0, 0.05) is 18.0 Å². The minimum Gasteiger partial charge on any atom is -0.371 e. The molecule has 18 heavy (non-hydrogen) atoms. The summed E-state index contributed by atoms with van der Waals surface area (Å²) in [6, 6.07) is 6.66. The number of pyridine rings is 1. The fourth-order valence-electron chi connectivity index (χ4n) is 1.33. The lowest BCUT2D eigenvalue weighted by Gasteiger charge is -2.07. The lowest BCUT2D eigenvalue weighted by atomic mass is 10.3. The largest absolute Gasteiger partial charge is 0.371 e. The predicted molar refractivity (Wildman–Crippen MR) is 64.2 cm³/mol. The molecule has 0 spiro atoms. The number of aromatic nitrogens is 1. The first-order valence-electron chi connectivity index (χ1n) is 5.08. The van der Waals surface area contributed by atoms with E-state index in [0.717, 1.165) is 17.8 Å². The van der Waals surface area contributed by atoms with Gasteiger partial charge in [0.05, 0.1) is 0 Å². The van der Waals surface area contributed by atoms with Crippen molar-refractivity contribution in [3.8, 4) is 0 Å². The maximum Gasteiger partial charge on any atom is 0.168 e.